The monoisotopic (exact) mass is 303 g/mol. The second kappa shape index (κ2) is 5.28. The summed E-state index contributed by atoms with van der Waals surface area (Å²) < 4.78 is 0. The highest BCUT2D eigenvalue weighted by atomic mass is 35.5. The van der Waals surface area contributed by atoms with Crippen LogP contribution in [0.3, 0.4) is 0 Å². The molecule has 18 heavy (non-hydrogen) atoms. The fraction of sp³-hybridized carbons (Fsp3) is 0.0909. The molecule has 94 valence electrons. The van der Waals surface area contributed by atoms with Crippen molar-refractivity contribution in [1.29, 1.82) is 0 Å². The average Bonchev–Trinajstić information content (AvgIpc) is 2.32. The van der Waals surface area contributed by atoms with Gasteiger partial charge in [0.2, 0.25) is 0 Å². The molecule has 0 aliphatic rings. The van der Waals surface area contributed by atoms with E-state index in [1.807, 2.05) is 0 Å². The normalized spacial score (nSPS) is 12.4. The Kier molecular flexibility index (Phi) is 3.92. The van der Waals surface area contributed by atoms with Crippen LogP contribution < -0.4 is 5.73 Å². The first-order valence-corrected chi connectivity index (χ1v) is 6.04. The first-order chi connectivity index (χ1) is 8.50. The SMILES string of the molecule is Nc1cccc(C(O)c2ncc(Cl)nc2Cl)c1Cl. The van der Waals surface area contributed by atoms with Gasteiger partial charge >= 0.3 is 0 Å². The fourth-order valence-electron chi connectivity index (χ4n) is 1.47. The maximum atomic E-state index is 10.2. The van der Waals surface area contributed by atoms with Crippen molar-refractivity contribution in [2.24, 2.45) is 0 Å². The molecule has 2 rings (SSSR count). The number of rotatable bonds is 2. The molecular weight excluding hydrogens is 296 g/mol. The van der Waals surface area contributed by atoms with Crippen molar-refractivity contribution < 1.29 is 5.11 Å². The average molecular weight is 305 g/mol. The molecule has 1 aromatic heterocycles. The molecule has 3 N–H and O–H groups in total. The summed E-state index contributed by atoms with van der Waals surface area (Å²) >= 11 is 17.5. The third-order valence-corrected chi connectivity index (χ3v) is 3.24. The number of aliphatic hydroxyl groups excluding tert-OH is 1. The maximum absolute atomic E-state index is 10.2. The highest BCUT2D eigenvalue weighted by Gasteiger charge is 2.20. The second-order valence-corrected chi connectivity index (χ2v) is 4.64. The summed E-state index contributed by atoms with van der Waals surface area (Å²) in [5, 5.41) is 10.6. The standard InChI is InChI=1S/C11H8Cl3N3O/c12-7-4-16-9(11(14)17-7)10(18)5-2-1-3-6(15)8(5)13/h1-4,10,18H,15H2. The van der Waals surface area contributed by atoms with Gasteiger partial charge in [0.1, 0.15) is 17.0 Å². The number of anilines is 1. The minimum absolute atomic E-state index is 0.0218. The fourth-order valence-corrected chi connectivity index (χ4v) is 2.12. The lowest BCUT2D eigenvalue weighted by molar-refractivity contribution is 0.215. The largest absolute Gasteiger partial charge is 0.398 e. The lowest BCUT2D eigenvalue weighted by atomic mass is 10.1. The van der Waals surface area contributed by atoms with Crippen molar-refractivity contribution in [2.75, 3.05) is 5.73 Å². The van der Waals surface area contributed by atoms with Gasteiger partial charge in [-0.1, -0.05) is 46.9 Å². The number of hydrogen-bond donors (Lipinski definition) is 2. The number of hydrogen-bond acceptors (Lipinski definition) is 4. The predicted octanol–water partition coefficient (Wildman–Crippen LogP) is 3.10. The Labute approximate surface area is 118 Å². The van der Waals surface area contributed by atoms with Gasteiger partial charge in [-0.3, -0.25) is 4.98 Å². The van der Waals surface area contributed by atoms with E-state index in [4.69, 9.17) is 40.5 Å². The molecule has 1 unspecified atom stereocenters. The Bertz CT molecular complexity index is 592. The van der Waals surface area contributed by atoms with Crippen molar-refractivity contribution in [1.82, 2.24) is 9.97 Å². The molecular formula is C11H8Cl3N3O. The van der Waals surface area contributed by atoms with E-state index >= 15 is 0 Å². The summed E-state index contributed by atoms with van der Waals surface area (Å²) in [6.45, 7) is 0. The molecule has 0 radical (unpaired) electrons. The Morgan fingerprint density at radius 2 is 1.94 bits per heavy atom. The molecule has 0 aliphatic heterocycles. The predicted molar refractivity (Wildman–Crippen MR) is 72.0 cm³/mol. The van der Waals surface area contributed by atoms with E-state index in [9.17, 15) is 5.11 Å². The van der Waals surface area contributed by atoms with Crippen LogP contribution in [0.2, 0.25) is 15.3 Å². The minimum Gasteiger partial charge on any atom is -0.398 e. The van der Waals surface area contributed by atoms with Crippen molar-refractivity contribution in [2.45, 2.75) is 6.10 Å². The van der Waals surface area contributed by atoms with Crippen LogP contribution >= 0.6 is 34.8 Å². The second-order valence-electron chi connectivity index (χ2n) is 3.52. The van der Waals surface area contributed by atoms with Gasteiger partial charge in [0, 0.05) is 5.56 Å². The van der Waals surface area contributed by atoms with Crippen molar-refractivity contribution in [3.05, 3.63) is 51.0 Å². The number of nitrogen functional groups attached to an aromatic ring is 1. The minimum atomic E-state index is -1.11. The van der Waals surface area contributed by atoms with Crippen LogP contribution in [0.15, 0.2) is 24.4 Å². The van der Waals surface area contributed by atoms with E-state index in [0.717, 1.165) is 0 Å². The van der Waals surface area contributed by atoms with Gasteiger partial charge in [0.15, 0.2) is 5.15 Å². The molecule has 0 saturated heterocycles. The van der Waals surface area contributed by atoms with E-state index in [1.165, 1.54) is 6.20 Å². The lowest BCUT2D eigenvalue weighted by Crippen LogP contribution is -2.06. The zero-order chi connectivity index (χ0) is 13.3. The van der Waals surface area contributed by atoms with Crippen LogP contribution in [0.5, 0.6) is 0 Å². The van der Waals surface area contributed by atoms with Gasteiger partial charge in [-0.2, -0.15) is 0 Å². The summed E-state index contributed by atoms with van der Waals surface area (Å²) in [7, 11) is 0. The Morgan fingerprint density at radius 3 is 2.61 bits per heavy atom. The van der Waals surface area contributed by atoms with E-state index in [-0.39, 0.29) is 21.0 Å². The molecule has 1 atom stereocenters. The lowest BCUT2D eigenvalue weighted by Gasteiger charge is -2.14. The molecule has 0 aliphatic carbocycles. The third-order valence-electron chi connectivity index (χ3n) is 2.34. The molecule has 4 nitrogen and oxygen atoms in total. The van der Waals surface area contributed by atoms with Gasteiger partial charge < -0.3 is 10.8 Å². The van der Waals surface area contributed by atoms with Crippen LogP contribution in [0, 0.1) is 0 Å². The first kappa shape index (κ1) is 13.4. The van der Waals surface area contributed by atoms with Gasteiger partial charge in [-0.25, -0.2) is 4.98 Å². The Morgan fingerprint density at radius 1 is 1.22 bits per heavy atom. The van der Waals surface area contributed by atoms with Crippen LogP contribution in [-0.4, -0.2) is 15.1 Å². The van der Waals surface area contributed by atoms with Crippen molar-refractivity contribution >= 4 is 40.5 Å². The van der Waals surface area contributed by atoms with Gasteiger partial charge in [0.25, 0.3) is 0 Å². The molecule has 0 spiro atoms. The Balaban J connectivity index is 2.48. The number of aliphatic hydroxyl groups is 1. The topological polar surface area (TPSA) is 72.0 Å². The molecule has 0 bridgehead atoms. The zero-order valence-electron chi connectivity index (χ0n) is 8.94. The molecule has 1 heterocycles. The van der Waals surface area contributed by atoms with Gasteiger partial charge in [-0.05, 0) is 6.07 Å². The summed E-state index contributed by atoms with van der Waals surface area (Å²) in [6, 6.07) is 4.95. The zero-order valence-corrected chi connectivity index (χ0v) is 11.2. The van der Waals surface area contributed by atoms with Crippen molar-refractivity contribution in [3.8, 4) is 0 Å². The van der Waals surface area contributed by atoms with E-state index < -0.39 is 6.10 Å². The number of nitrogens with two attached hydrogens (primary N) is 1. The third kappa shape index (κ3) is 2.52. The van der Waals surface area contributed by atoms with Gasteiger partial charge in [-0.15, -0.1) is 0 Å². The van der Waals surface area contributed by atoms with Crippen LogP contribution in [0.1, 0.15) is 17.4 Å². The smallest absolute Gasteiger partial charge is 0.155 e. The first-order valence-electron chi connectivity index (χ1n) is 4.90. The van der Waals surface area contributed by atoms with E-state index in [2.05, 4.69) is 9.97 Å². The summed E-state index contributed by atoms with van der Waals surface area (Å²) in [6.07, 6.45) is 0.185. The van der Waals surface area contributed by atoms with Crippen LogP contribution in [-0.2, 0) is 0 Å². The van der Waals surface area contributed by atoms with E-state index in [1.54, 1.807) is 18.2 Å². The number of aromatic nitrogens is 2. The molecule has 0 saturated carbocycles. The summed E-state index contributed by atoms with van der Waals surface area (Å²) in [4.78, 5) is 7.76. The Hall–Kier alpha value is -1.07. The highest BCUT2D eigenvalue weighted by molar-refractivity contribution is 6.34. The van der Waals surface area contributed by atoms with Crippen molar-refractivity contribution in [3.63, 3.8) is 0 Å². The molecule has 0 amide bonds. The molecule has 0 fully saturated rings. The van der Waals surface area contributed by atoms with Gasteiger partial charge in [0.05, 0.1) is 16.9 Å². The summed E-state index contributed by atoms with van der Waals surface area (Å²) in [5.41, 5.74) is 6.62. The van der Waals surface area contributed by atoms with E-state index in [0.29, 0.717) is 11.3 Å². The number of nitrogens with zero attached hydrogens (tertiary/aromatic N) is 2. The quantitative estimate of drug-likeness (QED) is 0.836. The van der Waals surface area contributed by atoms with Crippen LogP contribution in [0.25, 0.3) is 0 Å². The number of benzene rings is 1. The van der Waals surface area contributed by atoms with Crippen LogP contribution in [0.4, 0.5) is 5.69 Å². The molecule has 2 aromatic rings. The maximum Gasteiger partial charge on any atom is 0.155 e. The number of halogens is 3. The summed E-state index contributed by atoms with van der Waals surface area (Å²) in [5.74, 6) is 0. The molecule has 7 heteroatoms. The highest BCUT2D eigenvalue weighted by Crippen LogP contribution is 2.33. The molecule has 1 aromatic carbocycles.